The highest BCUT2D eigenvalue weighted by atomic mass is 35.5. The van der Waals surface area contributed by atoms with Crippen LogP contribution in [0.1, 0.15) is 15.2 Å². The summed E-state index contributed by atoms with van der Waals surface area (Å²) < 4.78 is 13.2. The predicted molar refractivity (Wildman–Crippen MR) is 89.2 cm³/mol. The Labute approximate surface area is 137 Å². The molecule has 0 N–H and O–H groups in total. The molecule has 0 spiro atoms. The van der Waals surface area contributed by atoms with Crippen molar-refractivity contribution in [2.45, 2.75) is 6.42 Å². The molecule has 0 bridgehead atoms. The Balaban J connectivity index is 1.78. The van der Waals surface area contributed by atoms with Gasteiger partial charge in [-0.2, -0.15) is 0 Å². The summed E-state index contributed by atoms with van der Waals surface area (Å²) in [4.78, 5) is 14.0. The van der Waals surface area contributed by atoms with Crippen molar-refractivity contribution >= 4 is 28.7 Å². The van der Waals surface area contributed by atoms with E-state index in [0.717, 1.165) is 10.4 Å². The zero-order valence-corrected chi connectivity index (χ0v) is 13.1. The van der Waals surface area contributed by atoms with Gasteiger partial charge in [0, 0.05) is 16.3 Å². The van der Waals surface area contributed by atoms with E-state index in [1.807, 2.05) is 36.4 Å². The average molecular weight is 331 g/mol. The molecule has 1 aromatic heterocycles. The van der Waals surface area contributed by atoms with E-state index in [2.05, 4.69) is 0 Å². The molecule has 1 heterocycles. The van der Waals surface area contributed by atoms with E-state index < -0.39 is 0 Å². The van der Waals surface area contributed by atoms with Crippen molar-refractivity contribution < 1.29 is 9.18 Å². The number of hydrogen-bond donors (Lipinski definition) is 0. The van der Waals surface area contributed by atoms with Gasteiger partial charge in [-0.25, -0.2) is 4.39 Å². The van der Waals surface area contributed by atoms with Crippen molar-refractivity contribution in [3.8, 4) is 10.4 Å². The third-order valence-corrected chi connectivity index (χ3v) is 4.69. The number of benzene rings is 2. The fraction of sp³-hybridized carbons (Fsp3) is 0.0556. The van der Waals surface area contributed by atoms with Gasteiger partial charge in [-0.05, 0) is 47.5 Å². The van der Waals surface area contributed by atoms with E-state index in [1.165, 1.54) is 23.5 Å². The molecule has 0 aliphatic heterocycles. The molecule has 0 fully saturated rings. The lowest BCUT2D eigenvalue weighted by molar-refractivity contribution is 0.0997. The molecule has 3 aromatic rings. The average Bonchev–Trinajstić information content (AvgIpc) is 2.98. The van der Waals surface area contributed by atoms with Crippen LogP contribution in [-0.4, -0.2) is 5.78 Å². The summed E-state index contributed by atoms with van der Waals surface area (Å²) in [5, 5.41) is 0.683. The first-order chi connectivity index (χ1) is 10.6. The molecule has 3 rings (SSSR count). The molecule has 1 nitrogen and oxygen atoms in total. The van der Waals surface area contributed by atoms with Crippen LogP contribution in [0.5, 0.6) is 0 Å². The third-order valence-electron chi connectivity index (χ3n) is 3.26. The second-order valence-corrected chi connectivity index (χ2v) is 6.42. The number of carbonyl (C=O) groups excluding carboxylic acids is 1. The lowest BCUT2D eigenvalue weighted by Crippen LogP contribution is -2.01. The van der Waals surface area contributed by atoms with Crippen LogP contribution in [0.25, 0.3) is 10.4 Å². The van der Waals surface area contributed by atoms with Gasteiger partial charge in [0.1, 0.15) is 5.82 Å². The maximum absolute atomic E-state index is 13.2. The van der Waals surface area contributed by atoms with Gasteiger partial charge in [-0.3, -0.25) is 4.79 Å². The Hall–Kier alpha value is -1.97. The van der Waals surface area contributed by atoms with Crippen LogP contribution in [0.4, 0.5) is 4.39 Å². The summed E-state index contributed by atoms with van der Waals surface area (Å²) in [5.74, 6) is -0.325. The van der Waals surface area contributed by atoms with E-state index in [1.54, 1.807) is 12.1 Å². The van der Waals surface area contributed by atoms with Crippen LogP contribution >= 0.6 is 22.9 Å². The van der Waals surface area contributed by atoms with Gasteiger partial charge in [0.2, 0.25) is 0 Å². The first-order valence-electron chi connectivity index (χ1n) is 6.75. The topological polar surface area (TPSA) is 17.1 Å². The highest BCUT2D eigenvalue weighted by Gasteiger charge is 2.11. The van der Waals surface area contributed by atoms with Gasteiger partial charge in [0.05, 0.1) is 4.88 Å². The predicted octanol–water partition coefficient (Wildman–Crippen LogP) is 5.63. The summed E-state index contributed by atoms with van der Waals surface area (Å²) in [6.07, 6.45) is 0.207. The van der Waals surface area contributed by atoms with Gasteiger partial charge in [-0.1, -0.05) is 35.9 Å². The Morgan fingerprint density at radius 1 is 1.05 bits per heavy atom. The molecule has 0 radical (unpaired) electrons. The van der Waals surface area contributed by atoms with Gasteiger partial charge in [0.15, 0.2) is 5.78 Å². The van der Waals surface area contributed by atoms with Crippen molar-refractivity contribution in [1.29, 1.82) is 0 Å². The number of ketones is 1. The van der Waals surface area contributed by atoms with Crippen LogP contribution in [0.3, 0.4) is 0 Å². The molecule has 0 aliphatic rings. The van der Waals surface area contributed by atoms with Crippen molar-refractivity contribution in [2.75, 3.05) is 0 Å². The smallest absolute Gasteiger partial charge is 0.177 e. The Bertz CT molecular complexity index is 808. The van der Waals surface area contributed by atoms with Crippen LogP contribution in [0.2, 0.25) is 5.02 Å². The van der Waals surface area contributed by atoms with Gasteiger partial charge < -0.3 is 0 Å². The zero-order valence-electron chi connectivity index (χ0n) is 11.6. The standard InChI is InChI=1S/C18H12ClFOS/c19-14-6-4-13(5-7-14)17-8-9-18(22-17)16(21)11-12-2-1-3-15(20)10-12/h1-10H,11H2. The van der Waals surface area contributed by atoms with E-state index in [-0.39, 0.29) is 18.0 Å². The van der Waals surface area contributed by atoms with E-state index in [0.29, 0.717) is 15.5 Å². The van der Waals surface area contributed by atoms with Crippen molar-refractivity contribution in [2.24, 2.45) is 0 Å². The first-order valence-corrected chi connectivity index (χ1v) is 7.95. The second-order valence-electron chi connectivity index (χ2n) is 4.90. The minimum atomic E-state index is -0.321. The number of halogens is 2. The SMILES string of the molecule is O=C(Cc1cccc(F)c1)c1ccc(-c2ccc(Cl)cc2)s1. The Kier molecular flexibility index (Phi) is 4.36. The Morgan fingerprint density at radius 2 is 1.82 bits per heavy atom. The molecule has 2 aromatic carbocycles. The largest absolute Gasteiger partial charge is 0.293 e. The molecule has 0 amide bonds. The maximum Gasteiger partial charge on any atom is 0.177 e. The number of hydrogen-bond acceptors (Lipinski definition) is 2. The number of carbonyl (C=O) groups is 1. The number of Topliss-reactive ketones (excluding diaryl/α,β-unsaturated/α-hetero) is 1. The van der Waals surface area contributed by atoms with Crippen molar-refractivity contribution in [3.63, 3.8) is 0 Å². The van der Waals surface area contributed by atoms with Gasteiger partial charge in [0.25, 0.3) is 0 Å². The molecule has 0 unspecified atom stereocenters. The molecule has 0 atom stereocenters. The highest BCUT2D eigenvalue weighted by Crippen LogP contribution is 2.29. The van der Waals surface area contributed by atoms with E-state index in [4.69, 9.17) is 11.6 Å². The lowest BCUT2D eigenvalue weighted by atomic mass is 10.1. The summed E-state index contributed by atoms with van der Waals surface area (Å²) in [6, 6.07) is 17.4. The maximum atomic E-state index is 13.2. The minimum Gasteiger partial charge on any atom is -0.293 e. The molecule has 110 valence electrons. The summed E-state index contributed by atoms with van der Waals surface area (Å²) in [7, 11) is 0. The fourth-order valence-electron chi connectivity index (χ4n) is 2.18. The van der Waals surface area contributed by atoms with Crippen molar-refractivity contribution in [3.05, 3.63) is 81.9 Å². The molecular weight excluding hydrogens is 319 g/mol. The van der Waals surface area contributed by atoms with Gasteiger partial charge >= 0.3 is 0 Å². The highest BCUT2D eigenvalue weighted by molar-refractivity contribution is 7.17. The normalized spacial score (nSPS) is 10.6. The minimum absolute atomic E-state index is 0.00388. The Morgan fingerprint density at radius 3 is 2.55 bits per heavy atom. The van der Waals surface area contributed by atoms with E-state index in [9.17, 15) is 9.18 Å². The summed E-state index contributed by atoms with van der Waals surface area (Å²) in [6.45, 7) is 0. The number of thiophene rings is 1. The lowest BCUT2D eigenvalue weighted by Gasteiger charge is -2.00. The first kappa shape index (κ1) is 14.9. The van der Waals surface area contributed by atoms with Crippen molar-refractivity contribution in [1.82, 2.24) is 0 Å². The third kappa shape index (κ3) is 3.43. The second kappa shape index (κ2) is 6.42. The quantitative estimate of drug-likeness (QED) is 0.566. The molecule has 0 aliphatic carbocycles. The monoisotopic (exact) mass is 330 g/mol. The summed E-state index contributed by atoms with van der Waals surface area (Å²) >= 11 is 7.31. The van der Waals surface area contributed by atoms with E-state index >= 15 is 0 Å². The molecule has 0 saturated heterocycles. The fourth-order valence-corrected chi connectivity index (χ4v) is 3.25. The molecular formula is C18H12ClFOS. The van der Waals surface area contributed by atoms with Crippen LogP contribution in [0.15, 0.2) is 60.7 Å². The zero-order chi connectivity index (χ0) is 15.5. The molecule has 4 heteroatoms. The molecule has 0 saturated carbocycles. The molecule has 22 heavy (non-hydrogen) atoms. The summed E-state index contributed by atoms with van der Waals surface area (Å²) in [5.41, 5.74) is 1.71. The number of rotatable bonds is 4. The van der Waals surface area contributed by atoms with Crippen LogP contribution < -0.4 is 0 Å². The van der Waals surface area contributed by atoms with Crippen LogP contribution in [0, 0.1) is 5.82 Å². The van der Waals surface area contributed by atoms with Crippen LogP contribution in [-0.2, 0) is 6.42 Å². The van der Waals surface area contributed by atoms with Gasteiger partial charge in [-0.15, -0.1) is 11.3 Å².